The lowest BCUT2D eigenvalue weighted by molar-refractivity contribution is 0.0934. The fourth-order valence-electron chi connectivity index (χ4n) is 2.56. The SMILES string of the molecule is CCC(C)NC(=O)c1cc(Nc2ccccc2Oc2ccccc2)nc(C)n1. The Kier molecular flexibility index (Phi) is 6.22. The number of ether oxygens (including phenoxy) is 1. The van der Waals surface area contributed by atoms with Gasteiger partial charge in [-0.1, -0.05) is 37.3 Å². The molecule has 28 heavy (non-hydrogen) atoms. The molecule has 2 aromatic carbocycles. The topological polar surface area (TPSA) is 76.1 Å². The monoisotopic (exact) mass is 376 g/mol. The van der Waals surface area contributed by atoms with Crippen LogP contribution in [-0.4, -0.2) is 21.9 Å². The third kappa shape index (κ3) is 5.07. The van der Waals surface area contributed by atoms with Crippen LogP contribution in [0.15, 0.2) is 60.7 Å². The summed E-state index contributed by atoms with van der Waals surface area (Å²) in [7, 11) is 0. The maximum absolute atomic E-state index is 12.4. The number of carbonyl (C=O) groups excluding carboxylic acids is 1. The van der Waals surface area contributed by atoms with Crippen molar-refractivity contribution in [3.8, 4) is 11.5 Å². The number of anilines is 2. The van der Waals surface area contributed by atoms with Crippen molar-refractivity contribution in [2.75, 3.05) is 5.32 Å². The zero-order chi connectivity index (χ0) is 19.9. The molecule has 144 valence electrons. The van der Waals surface area contributed by atoms with Crippen LogP contribution < -0.4 is 15.4 Å². The standard InChI is InChI=1S/C22H24N4O2/c1-4-15(2)23-22(27)19-14-21(25-16(3)24-19)26-18-12-8-9-13-20(18)28-17-10-6-5-7-11-17/h5-15H,4H2,1-3H3,(H,23,27)(H,24,25,26). The summed E-state index contributed by atoms with van der Waals surface area (Å²) in [4.78, 5) is 21.1. The van der Waals surface area contributed by atoms with Crippen molar-refractivity contribution in [1.29, 1.82) is 0 Å². The highest BCUT2D eigenvalue weighted by Crippen LogP contribution is 2.31. The van der Waals surface area contributed by atoms with Gasteiger partial charge in [0.05, 0.1) is 5.69 Å². The molecule has 3 aromatic rings. The lowest BCUT2D eigenvalue weighted by atomic mass is 10.2. The van der Waals surface area contributed by atoms with E-state index in [4.69, 9.17) is 4.74 Å². The Morgan fingerprint density at radius 3 is 2.54 bits per heavy atom. The van der Waals surface area contributed by atoms with Gasteiger partial charge in [-0.3, -0.25) is 4.79 Å². The molecule has 0 bridgehead atoms. The van der Waals surface area contributed by atoms with E-state index in [1.165, 1.54) is 0 Å². The minimum atomic E-state index is -0.211. The van der Waals surface area contributed by atoms with Gasteiger partial charge in [0, 0.05) is 12.1 Å². The number of amides is 1. The number of aromatic nitrogens is 2. The van der Waals surface area contributed by atoms with Crippen molar-refractivity contribution in [1.82, 2.24) is 15.3 Å². The molecule has 0 aliphatic carbocycles. The van der Waals surface area contributed by atoms with E-state index in [1.807, 2.05) is 68.4 Å². The number of nitrogens with zero attached hydrogens (tertiary/aromatic N) is 2. The highest BCUT2D eigenvalue weighted by molar-refractivity contribution is 5.93. The summed E-state index contributed by atoms with van der Waals surface area (Å²) in [6, 6.07) is 18.9. The smallest absolute Gasteiger partial charge is 0.270 e. The molecule has 1 aromatic heterocycles. The number of nitrogens with one attached hydrogen (secondary N) is 2. The normalized spacial score (nSPS) is 11.5. The second kappa shape index (κ2) is 8.99. The Balaban J connectivity index is 1.83. The number of hydrogen-bond donors (Lipinski definition) is 2. The van der Waals surface area contributed by atoms with E-state index in [0.29, 0.717) is 23.1 Å². The molecule has 0 saturated heterocycles. The number of benzene rings is 2. The van der Waals surface area contributed by atoms with Gasteiger partial charge in [0.25, 0.3) is 5.91 Å². The van der Waals surface area contributed by atoms with Gasteiger partial charge < -0.3 is 15.4 Å². The predicted octanol–water partition coefficient (Wildman–Crippen LogP) is 4.85. The lowest BCUT2D eigenvalue weighted by Gasteiger charge is -2.14. The average Bonchev–Trinajstić information content (AvgIpc) is 2.69. The molecule has 1 atom stereocenters. The molecule has 0 fully saturated rings. The third-order valence-electron chi connectivity index (χ3n) is 4.18. The molecule has 6 nitrogen and oxygen atoms in total. The van der Waals surface area contributed by atoms with Crippen LogP contribution in [0.25, 0.3) is 0 Å². The minimum Gasteiger partial charge on any atom is -0.455 e. The molecule has 0 spiro atoms. The highest BCUT2D eigenvalue weighted by Gasteiger charge is 2.13. The number of para-hydroxylation sites is 3. The van der Waals surface area contributed by atoms with Crippen molar-refractivity contribution in [2.24, 2.45) is 0 Å². The summed E-state index contributed by atoms with van der Waals surface area (Å²) in [5, 5.41) is 6.17. The number of hydrogen-bond acceptors (Lipinski definition) is 5. The summed E-state index contributed by atoms with van der Waals surface area (Å²) in [6.45, 7) is 5.74. The Bertz CT molecular complexity index is 944. The average molecular weight is 376 g/mol. The second-order valence-electron chi connectivity index (χ2n) is 6.50. The first kappa shape index (κ1) is 19.4. The summed E-state index contributed by atoms with van der Waals surface area (Å²) in [5.41, 5.74) is 1.08. The summed E-state index contributed by atoms with van der Waals surface area (Å²) >= 11 is 0. The molecule has 1 heterocycles. The molecule has 1 unspecified atom stereocenters. The lowest BCUT2D eigenvalue weighted by Crippen LogP contribution is -2.32. The summed E-state index contributed by atoms with van der Waals surface area (Å²) < 4.78 is 5.97. The van der Waals surface area contributed by atoms with Gasteiger partial charge in [-0.2, -0.15) is 0 Å². The Labute approximate surface area is 165 Å². The van der Waals surface area contributed by atoms with Crippen LogP contribution in [-0.2, 0) is 0 Å². The number of rotatable bonds is 7. The molecule has 0 saturated carbocycles. The quantitative estimate of drug-likeness (QED) is 0.616. The van der Waals surface area contributed by atoms with Crippen molar-refractivity contribution in [3.63, 3.8) is 0 Å². The van der Waals surface area contributed by atoms with Crippen LogP contribution in [0.3, 0.4) is 0 Å². The minimum absolute atomic E-state index is 0.0826. The van der Waals surface area contributed by atoms with E-state index in [0.717, 1.165) is 17.9 Å². The zero-order valence-electron chi connectivity index (χ0n) is 16.3. The Hall–Kier alpha value is -3.41. The summed E-state index contributed by atoms with van der Waals surface area (Å²) in [5.74, 6) is 2.24. The van der Waals surface area contributed by atoms with Crippen LogP contribution in [0.1, 0.15) is 36.6 Å². The molecule has 1 amide bonds. The molecule has 6 heteroatoms. The Morgan fingerprint density at radius 2 is 1.79 bits per heavy atom. The number of aryl methyl sites for hydroxylation is 1. The van der Waals surface area contributed by atoms with E-state index < -0.39 is 0 Å². The van der Waals surface area contributed by atoms with Crippen LogP contribution >= 0.6 is 0 Å². The van der Waals surface area contributed by atoms with E-state index >= 15 is 0 Å². The molecular formula is C22H24N4O2. The molecule has 0 aliphatic rings. The fourth-order valence-corrected chi connectivity index (χ4v) is 2.56. The first-order valence-corrected chi connectivity index (χ1v) is 9.30. The van der Waals surface area contributed by atoms with Crippen molar-refractivity contribution >= 4 is 17.4 Å². The van der Waals surface area contributed by atoms with E-state index in [1.54, 1.807) is 13.0 Å². The van der Waals surface area contributed by atoms with Crippen LogP contribution in [0.4, 0.5) is 11.5 Å². The molecule has 0 radical (unpaired) electrons. The first-order chi connectivity index (χ1) is 13.5. The second-order valence-corrected chi connectivity index (χ2v) is 6.50. The van der Waals surface area contributed by atoms with E-state index in [2.05, 4.69) is 20.6 Å². The van der Waals surface area contributed by atoms with Gasteiger partial charge in [-0.15, -0.1) is 0 Å². The van der Waals surface area contributed by atoms with Gasteiger partial charge in [0.2, 0.25) is 0 Å². The van der Waals surface area contributed by atoms with Gasteiger partial charge >= 0.3 is 0 Å². The van der Waals surface area contributed by atoms with E-state index in [9.17, 15) is 4.79 Å². The van der Waals surface area contributed by atoms with Crippen LogP contribution in [0, 0.1) is 6.92 Å². The van der Waals surface area contributed by atoms with Crippen LogP contribution in [0.5, 0.6) is 11.5 Å². The van der Waals surface area contributed by atoms with Crippen molar-refractivity contribution in [2.45, 2.75) is 33.2 Å². The zero-order valence-corrected chi connectivity index (χ0v) is 16.3. The highest BCUT2D eigenvalue weighted by atomic mass is 16.5. The maximum atomic E-state index is 12.4. The van der Waals surface area contributed by atoms with Gasteiger partial charge in [-0.05, 0) is 44.5 Å². The Morgan fingerprint density at radius 1 is 1.07 bits per heavy atom. The van der Waals surface area contributed by atoms with Crippen molar-refractivity contribution < 1.29 is 9.53 Å². The molecule has 0 aliphatic heterocycles. The largest absolute Gasteiger partial charge is 0.455 e. The number of carbonyl (C=O) groups is 1. The van der Waals surface area contributed by atoms with E-state index in [-0.39, 0.29) is 11.9 Å². The van der Waals surface area contributed by atoms with Crippen LogP contribution in [0.2, 0.25) is 0 Å². The predicted molar refractivity (Wildman–Crippen MR) is 110 cm³/mol. The first-order valence-electron chi connectivity index (χ1n) is 9.30. The molecule has 3 rings (SSSR count). The van der Waals surface area contributed by atoms with Crippen molar-refractivity contribution in [3.05, 3.63) is 72.2 Å². The van der Waals surface area contributed by atoms with Gasteiger partial charge in [-0.25, -0.2) is 9.97 Å². The molecular weight excluding hydrogens is 352 g/mol. The van der Waals surface area contributed by atoms with Gasteiger partial charge in [0.1, 0.15) is 23.1 Å². The summed E-state index contributed by atoms with van der Waals surface area (Å²) in [6.07, 6.45) is 0.852. The fraction of sp³-hybridized carbons (Fsp3) is 0.227. The molecule has 2 N–H and O–H groups in total. The third-order valence-corrected chi connectivity index (χ3v) is 4.18. The maximum Gasteiger partial charge on any atom is 0.270 e. The van der Waals surface area contributed by atoms with Gasteiger partial charge in [0.15, 0.2) is 5.75 Å².